The molecule has 1 unspecified atom stereocenters. The summed E-state index contributed by atoms with van der Waals surface area (Å²) in [6.45, 7) is 6.00. The Labute approximate surface area is 93.2 Å². The molecule has 0 saturated heterocycles. The minimum Gasteiger partial charge on any atom is -0.306 e. The fraction of sp³-hybridized carbons (Fsp3) is 0.778. The average Bonchev–Trinajstić information content (AvgIpc) is 2.62. The van der Waals surface area contributed by atoms with E-state index in [-0.39, 0.29) is 0 Å². The van der Waals surface area contributed by atoms with E-state index in [0.29, 0.717) is 6.04 Å². The first-order valence-corrected chi connectivity index (χ1v) is 6.06. The van der Waals surface area contributed by atoms with Gasteiger partial charge in [-0.05, 0) is 13.3 Å². The lowest BCUT2D eigenvalue weighted by atomic mass is 10.4. The van der Waals surface area contributed by atoms with E-state index in [2.05, 4.69) is 45.2 Å². The molecule has 14 heavy (non-hydrogen) atoms. The SMILES string of the molecule is CCCn1ncnc1CNC(C)CBr. The van der Waals surface area contributed by atoms with Gasteiger partial charge < -0.3 is 5.32 Å². The molecular formula is C9H17BrN4. The monoisotopic (exact) mass is 260 g/mol. The largest absolute Gasteiger partial charge is 0.306 e. The molecular weight excluding hydrogens is 244 g/mol. The zero-order valence-corrected chi connectivity index (χ0v) is 10.3. The Kier molecular flexibility index (Phi) is 5.11. The maximum absolute atomic E-state index is 4.22. The van der Waals surface area contributed by atoms with Crippen LogP contribution in [0.4, 0.5) is 0 Å². The van der Waals surface area contributed by atoms with Crippen LogP contribution in [0.25, 0.3) is 0 Å². The lowest BCUT2D eigenvalue weighted by Gasteiger charge is -2.10. The highest BCUT2D eigenvalue weighted by Gasteiger charge is 2.04. The molecule has 1 N–H and O–H groups in total. The van der Waals surface area contributed by atoms with Crippen molar-refractivity contribution in [2.75, 3.05) is 5.33 Å². The predicted molar refractivity (Wildman–Crippen MR) is 60.4 cm³/mol. The highest BCUT2D eigenvalue weighted by atomic mass is 79.9. The normalized spacial score (nSPS) is 13.1. The summed E-state index contributed by atoms with van der Waals surface area (Å²) in [5, 5.41) is 8.48. The first-order chi connectivity index (χ1) is 6.77. The average molecular weight is 261 g/mol. The van der Waals surface area contributed by atoms with E-state index in [4.69, 9.17) is 0 Å². The first kappa shape index (κ1) is 11.7. The van der Waals surface area contributed by atoms with Crippen LogP contribution in [0, 0.1) is 0 Å². The molecule has 1 heterocycles. The molecule has 0 aliphatic heterocycles. The van der Waals surface area contributed by atoms with Gasteiger partial charge in [-0.1, -0.05) is 22.9 Å². The molecule has 0 aromatic carbocycles. The predicted octanol–water partition coefficient (Wildman–Crippen LogP) is 1.56. The third kappa shape index (κ3) is 3.38. The third-order valence-corrected chi connectivity index (χ3v) is 2.94. The summed E-state index contributed by atoms with van der Waals surface area (Å²) >= 11 is 3.42. The van der Waals surface area contributed by atoms with E-state index < -0.39 is 0 Å². The van der Waals surface area contributed by atoms with Gasteiger partial charge in [-0.25, -0.2) is 9.67 Å². The molecule has 1 aromatic heterocycles. The molecule has 0 fully saturated rings. The van der Waals surface area contributed by atoms with Gasteiger partial charge in [0, 0.05) is 17.9 Å². The van der Waals surface area contributed by atoms with Gasteiger partial charge in [-0.3, -0.25) is 0 Å². The zero-order chi connectivity index (χ0) is 10.4. The Balaban J connectivity index is 2.45. The Morgan fingerprint density at radius 3 is 3.07 bits per heavy atom. The van der Waals surface area contributed by atoms with Crippen LogP contribution >= 0.6 is 15.9 Å². The molecule has 0 radical (unpaired) electrons. The summed E-state index contributed by atoms with van der Waals surface area (Å²) in [4.78, 5) is 4.22. The van der Waals surface area contributed by atoms with Gasteiger partial charge in [0.1, 0.15) is 12.2 Å². The highest BCUT2D eigenvalue weighted by Crippen LogP contribution is 1.97. The Hall–Kier alpha value is -0.420. The van der Waals surface area contributed by atoms with Crippen molar-refractivity contribution in [2.45, 2.75) is 39.4 Å². The summed E-state index contributed by atoms with van der Waals surface area (Å²) in [5.74, 6) is 1.01. The molecule has 0 saturated carbocycles. The van der Waals surface area contributed by atoms with Gasteiger partial charge >= 0.3 is 0 Å². The number of hydrogen-bond donors (Lipinski definition) is 1. The molecule has 0 bridgehead atoms. The van der Waals surface area contributed by atoms with Crippen molar-refractivity contribution in [2.24, 2.45) is 0 Å². The molecule has 5 heteroatoms. The van der Waals surface area contributed by atoms with Crippen LogP contribution in [0.1, 0.15) is 26.1 Å². The van der Waals surface area contributed by atoms with E-state index in [9.17, 15) is 0 Å². The van der Waals surface area contributed by atoms with Crippen molar-refractivity contribution in [3.63, 3.8) is 0 Å². The summed E-state index contributed by atoms with van der Waals surface area (Å²) in [6, 6.07) is 0.460. The van der Waals surface area contributed by atoms with E-state index in [1.54, 1.807) is 6.33 Å². The smallest absolute Gasteiger partial charge is 0.140 e. The summed E-state index contributed by atoms with van der Waals surface area (Å²) in [5.41, 5.74) is 0. The van der Waals surface area contributed by atoms with Gasteiger partial charge in [0.2, 0.25) is 0 Å². The number of aromatic nitrogens is 3. The number of nitrogens with one attached hydrogen (secondary N) is 1. The number of halogens is 1. The van der Waals surface area contributed by atoms with Crippen molar-refractivity contribution in [1.29, 1.82) is 0 Å². The molecule has 4 nitrogen and oxygen atoms in total. The summed E-state index contributed by atoms with van der Waals surface area (Å²) < 4.78 is 1.95. The Bertz CT molecular complexity index is 261. The van der Waals surface area contributed by atoms with E-state index in [0.717, 1.165) is 30.7 Å². The number of rotatable bonds is 6. The lowest BCUT2D eigenvalue weighted by Crippen LogP contribution is -2.28. The molecule has 1 atom stereocenters. The van der Waals surface area contributed by atoms with Crippen molar-refractivity contribution >= 4 is 15.9 Å². The Morgan fingerprint density at radius 1 is 1.64 bits per heavy atom. The van der Waals surface area contributed by atoms with Crippen molar-refractivity contribution in [3.05, 3.63) is 12.2 Å². The molecule has 0 amide bonds. The zero-order valence-electron chi connectivity index (χ0n) is 8.70. The third-order valence-electron chi connectivity index (χ3n) is 1.97. The fourth-order valence-corrected chi connectivity index (χ4v) is 1.37. The minimum absolute atomic E-state index is 0.460. The second kappa shape index (κ2) is 6.14. The van der Waals surface area contributed by atoms with Crippen molar-refractivity contribution < 1.29 is 0 Å². The van der Waals surface area contributed by atoms with E-state index >= 15 is 0 Å². The summed E-state index contributed by atoms with van der Waals surface area (Å²) in [6.07, 6.45) is 2.70. The second-order valence-electron chi connectivity index (χ2n) is 3.34. The lowest BCUT2D eigenvalue weighted by molar-refractivity contribution is 0.519. The van der Waals surface area contributed by atoms with Gasteiger partial charge in [-0.2, -0.15) is 5.10 Å². The highest BCUT2D eigenvalue weighted by molar-refractivity contribution is 9.09. The molecule has 0 aliphatic carbocycles. The standard InChI is InChI=1S/C9H17BrN4/c1-3-4-14-9(12-7-13-14)6-11-8(2)5-10/h7-8,11H,3-6H2,1-2H3. The van der Waals surface area contributed by atoms with E-state index in [1.807, 2.05) is 4.68 Å². The van der Waals surface area contributed by atoms with Gasteiger partial charge in [0.15, 0.2) is 0 Å². The second-order valence-corrected chi connectivity index (χ2v) is 3.98. The van der Waals surface area contributed by atoms with Gasteiger partial charge in [0.25, 0.3) is 0 Å². The van der Waals surface area contributed by atoms with Gasteiger partial charge in [-0.15, -0.1) is 0 Å². The van der Waals surface area contributed by atoms with Crippen LogP contribution in [0.2, 0.25) is 0 Å². The molecule has 1 rings (SSSR count). The van der Waals surface area contributed by atoms with Gasteiger partial charge in [0.05, 0.1) is 6.54 Å². The van der Waals surface area contributed by atoms with Crippen LogP contribution in [-0.4, -0.2) is 26.1 Å². The van der Waals surface area contributed by atoms with Crippen LogP contribution in [-0.2, 0) is 13.1 Å². The molecule has 0 spiro atoms. The minimum atomic E-state index is 0.460. The molecule has 1 aromatic rings. The number of aryl methyl sites for hydroxylation is 1. The summed E-state index contributed by atoms with van der Waals surface area (Å²) in [7, 11) is 0. The number of alkyl halides is 1. The maximum atomic E-state index is 4.22. The Morgan fingerprint density at radius 2 is 2.43 bits per heavy atom. The number of hydrogen-bond acceptors (Lipinski definition) is 3. The first-order valence-electron chi connectivity index (χ1n) is 4.94. The van der Waals surface area contributed by atoms with Crippen molar-refractivity contribution in [3.8, 4) is 0 Å². The van der Waals surface area contributed by atoms with Crippen LogP contribution in [0.15, 0.2) is 6.33 Å². The maximum Gasteiger partial charge on any atom is 0.140 e. The fourth-order valence-electron chi connectivity index (χ4n) is 1.14. The number of nitrogens with zero attached hydrogens (tertiary/aromatic N) is 3. The quantitative estimate of drug-likeness (QED) is 0.790. The topological polar surface area (TPSA) is 42.7 Å². The van der Waals surface area contributed by atoms with E-state index in [1.165, 1.54) is 0 Å². The van der Waals surface area contributed by atoms with Crippen LogP contribution in [0.3, 0.4) is 0 Å². The molecule has 0 aliphatic rings. The van der Waals surface area contributed by atoms with Crippen molar-refractivity contribution in [1.82, 2.24) is 20.1 Å². The molecule has 80 valence electrons. The van der Waals surface area contributed by atoms with Crippen LogP contribution in [0.5, 0.6) is 0 Å². The van der Waals surface area contributed by atoms with Crippen LogP contribution < -0.4 is 5.32 Å².